The fourth-order valence-corrected chi connectivity index (χ4v) is 1.48. The van der Waals surface area contributed by atoms with Crippen molar-refractivity contribution in [2.24, 2.45) is 5.92 Å². The molecule has 0 aliphatic rings. The molecular formula is C13H24O3. The molecule has 1 atom stereocenters. The van der Waals surface area contributed by atoms with Crippen LogP contribution in [0.4, 0.5) is 0 Å². The van der Waals surface area contributed by atoms with Gasteiger partial charge in [-0.15, -0.1) is 0 Å². The van der Waals surface area contributed by atoms with Crippen molar-refractivity contribution in [3.05, 3.63) is 0 Å². The van der Waals surface area contributed by atoms with E-state index in [1.54, 1.807) is 6.92 Å². The first-order valence-corrected chi connectivity index (χ1v) is 5.98. The molecule has 0 N–H and O–H groups in total. The number of unbranched alkanes of at least 4 members (excludes halogenated alkanes) is 1. The number of ether oxygens (including phenoxy) is 1. The third-order valence-corrected chi connectivity index (χ3v) is 2.31. The minimum atomic E-state index is -0.469. The SMILES string of the molecule is CCCC[C@@H](CC(=O)OC(C)(C)C)C(C)=O. The Bertz CT molecular complexity index is 238. The zero-order valence-corrected chi connectivity index (χ0v) is 11.1. The van der Waals surface area contributed by atoms with Gasteiger partial charge < -0.3 is 4.74 Å². The van der Waals surface area contributed by atoms with Crippen molar-refractivity contribution in [2.45, 2.75) is 65.9 Å². The van der Waals surface area contributed by atoms with Crippen molar-refractivity contribution in [1.29, 1.82) is 0 Å². The molecule has 0 radical (unpaired) electrons. The molecule has 94 valence electrons. The monoisotopic (exact) mass is 228 g/mol. The van der Waals surface area contributed by atoms with Gasteiger partial charge in [-0.25, -0.2) is 0 Å². The average molecular weight is 228 g/mol. The zero-order chi connectivity index (χ0) is 12.8. The van der Waals surface area contributed by atoms with Gasteiger partial charge in [0.05, 0.1) is 6.42 Å². The Kier molecular flexibility index (Phi) is 6.31. The summed E-state index contributed by atoms with van der Waals surface area (Å²) < 4.78 is 5.21. The molecule has 0 spiro atoms. The first-order chi connectivity index (χ1) is 7.26. The lowest BCUT2D eigenvalue weighted by Crippen LogP contribution is -2.26. The Morgan fingerprint density at radius 1 is 1.25 bits per heavy atom. The van der Waals surface area contributed by atoms with Crippen LogP contribution in [-0.2, 0) is 14.3 Å². The normalized spacial score (nSPS) is 13.3. The fourth-order valence-electron chi connectivity index (χ4n) is 1.48. The second-order valence-electron chi connectivity index (χ2n) is 5.24. The molecule has 0 bridgehead atoms. The van der Waals surface area contributed by atoms with Crippen LogP contribution < -0.4 is 0 Å². The molecule has 16 heavy (non-hydrogen) atoms. The molecule has 0 amide bonds. The molecule has 0 fully saturated rings. The minimum absolute atomic E-state index is 0.0827. The lowest BCUT2D eigenvalue weighted by Gasteiger charge is -2.21. The number of Topliss-reactive ketones (excluding diaryl/α,β-unsaturated/α-hetero) is 1. The number of hydrogen-bond donors (Lipinski definition) is 0. The van der Waals surface area contributed by atoms with Crippen molar-refractivity contribution in [3.63, 3.8) is 0 Å². The maximum absolute atomic E-state index is 11.6. The van der Waals surface area contributed by atoms with Crippen LogP contribution in [0.25, 0.3) is 0 Å². The maximum atomic E-state index is 11.6. The number of carbonyl (C=O) groups excluding carboxylic acids is 2. The first kappa shape index (κ1) is 15.1. The Morgan fingerprint density at radius 3 is 2.19 bits per heavy atom. The lowest BCUT2D eigenvalue weighted by atomic mass is 9.95. The Balaban J connectivity index is 4.19. The molecule has 0 saturated heterocycles. The van der Waals surface area contributed by atoms with Gasteiger partial charge in [-0.3, -0.25) is 9.59 Å². The van der Waals surface area contributed by atoms with Gasteiger partial charge in [0.1, 0.15) is 11.4 Å². The van der Waals surface area contributed by atoms with Gasteiger partial charge in [0.15, 0.2) is 0 Å². The van der Waals surface area contributed by atoms with E-state index in [-0.39, 0.29) is 24.1 Å². The van der Waals surface area contributed by atoms with Crippen LogP contribution in [0.3, 0.4) is 0 Å². The molecule has 0 aliphatic carbocycles. The topological polar surface area (TPSA) is 43.4 Å². The van der Waals surface area contributed by atoms with Crippen molar-refractivity contribution in [2.75, 3.05) is 0 Å². The summed E-state index contributed by atoms with van der Waals surface area (Å²) in [7, 11) is 0. The molecule has 0 unspecified atom stereocenters. The molecule has 0 aromatic heterocycles. The molecule has 3 nitrogen and oxygen atoms in total. The van der Waals surface area contributed by atoms with Crippen molar-refractivity contribution < 1.29 is 14.3 Å². The second-order valence-corrected chi connectivity index (χ2v) is 5.24. The van der Waals surface area contributed by atoms with E-state index in [4.69, 9.17) is 4.74 Å². The second kappa shape index (κ2) is 6.66. The summed E-state index contributed by atoms with van der Waals surface area (Å²) in [6.07, 6.45) is 3.02. The zero-order valence-electron chi connectivity index (χ0n) is 11.1. The predicted molar refractivity (Wildman–Crippen MR) is 64.2 cm³/mol. The summed E-state index contributed by atoms with van der Waals surface area (Å²) in [6, 6.07) is 0. The lowest BCUT2D eigenvalue weighted by molar-refractivity contribution is -0.157. The average Bonchev–Trinajstić information content (AvgIpc) is 2.08. The molecule has 0 aromatic carbocycles. The quantitative estimate of drug-likeness (QED) is 0.656. The molecule has 0 heterocycles. The van der Waals surface area contributed by atoms with Crippen LogP contribution in [0, 0.1) is 5.92 Å². The highest BCUT2D eigenvalue weighted by Gasteiger charge is 2.22. The molecular weight excluding hydrogens is 204 g/mol. The standard InChI is InChI=1S/C13H24O3/c1-6-7-8-11(10(2)14)9-12(15)16-13(3,4)5/h11H,6-9H2,1-5H3/t11-/m0/s1. The summed E-state index contributed by atoms with van der Waals surface area (Å²) in [6.45, 7) is 9.12. The summed E-state index contributed by atoms with van der Waals surface area (Å²) in [5.41, 5.74) is -0.469. The molecule has 0 aliphatic heterocycles. The Labute approximate surface area is 98.6 Å². The molecule has 0 aromatic rings. The van der Waals surface area contributed by atoms with Crippen LogP contribution in [-0.4, -0.2) is 17.4 Å². The van der Waals surface area contributed by atoms with Gasteiger partial charge in [0, 0.05) is 5.92 Å². The number of rotatable bonds is 6. The van der Waals surface area contributed by atoms with Crippen molar-refractivity contribution in [3.8, 4) is 0 Å². The van der Waals surface area contributed by atoms with Gasteiger partial charge in [-0.05, 0) is 34.1 Å². The number of carbonyl (C=O) groups is 2. The summed E-state index contributed by atoms with van der Waals surface area (Å²) >= 11 is 0. The first-order valence-electron chi connectivity index (χ1n) is 5.98. The van der Waals surface area contributed by atoms with Crippen LogP contribution in [0.15, 0.2) is 0 Å². The number of hydrogen-bond acceptors (Lipinski definition) is 3. The van der Waals surface area contributed by atoms with Crippen LogP contribution in [0.2, 0.25) is 0 Å². The summed E-state index contributed by atoms with van der Waals surface area (Å²) in [5.74, 6) is -0.363. The van der Waals surface area contributed by atoms with Gasteiger partial charge in [-0.1, -0.05) is 19.8 Å². The van der Waals surface area contributed by atoms with E-state index in [1.165, 1.54) is 0 Å². The Hall–Kier alpha value is -0.860. The predicted octanol–water partition coefficient (Wildman–Crippen LogP) is 3.11. The third-order valence-electron chi connectivity index (χ3n) is 2.31. The molecule has 0 saturated carbocycles. The van der Waals surface area contributed by atoms with Crippen LogP contribution in [0.1, 0.15) is 60.3 Å². The van der Waals surface area contributed by atoms with E-state index >= 15 is 0 Å². The van der Waals surface area contributed by atoms with Gasteiger partial charge in [0.2, 0.25) is 0 Å². The minimum Gasteiger partial charge on any atom is -0.460 e. The van der Waals surface area contributed by atoms with Crippen molar-refractivity contribution in [1.82, 2.24) is 0 Å². The van der Waals surface area contributed by atoms with Gasteiger partial charge in [0.25, 0.3) is 0 Å². The fraction of sp³-hybridized carbons (Fsp3) is 0.846. The smallest absolute Gasteiger partial charge is 0.307 e. The van der Waals surface area contributed by atoms with Gasteiger partial charge >= 0.3 is 5.97 Å². The number of ketones is 1. The molecule has 0 rings (SSSR count). The van der Waals surface area contributed by atoms with Crippen molar-refractivity contribution >= 4 is 11.8 Å². The van der Waals surface area contributed by atoms with E-state index in [1.807, 2.05) is 20.8 Å². The van der Waals surface area contributed by atoms with E-state index in [0.717, 1.165) is 19.3 Å². The van der Waals surface area contributed by atoms with Gasteiger partial charge in [-0.2, -0.15) is 0 Å². The summed E-state index contributed by atoms with van der Waals surface area (Å²) in [5, 5.41) is 0. The highest BCUT2D eigenvalue weighted by atomic mass is 16.6. The van der Waals surface area contributed by atoms with Crippen LogP contribution >= 0.6 is 0 Å². The number of esters is 1. The van der Waals surface area contributed by atoms with E-state index in [0.29, 0.717) is 0 Å². The maximum Gasteiger partial charge on any atom is 0.307 e. The van der Waals surface area contributed by atoms with E-state index in [2.05, 4.69) is 6.92 Å². The highest BCUT2D eigenvalue weighted by molar-refractivity contribution is 5.83. The van der Waals surface area contributed by atoms with E-state index < -0.39 is 5.60 Å². The van der Waals surface area contributed by atoms with Crippen LogP contribution in [0.5, 0.6) is 0 Å². The Morgan fingerprint density at radius 2 is 1.81 bits per heavy atom. The highest BCUT2D eigenvalue weighted by Crippen LogP contribution is 2.17. The third kappa shape index (κ3) is 7.43. The molecule has 3 heteroatoms. The summed E-state index contributed by atoms with van der Waals surface area (Å²) in [4.78, 5) is 22.9. The van der Waals surface area contributed by atoms with E-state index in [9.17, 15) is 9.59 Å². The largest absolute Gasteiger partial charge is 0.460 e.